The fourth-order valence-electron chi connectivity index (χ4n) is 4.37. The molecule has 1 saturated heterocycles. The van der Waals surface area contributed by atoms with E-state index in [1.807, 2.05) is 0 Å². The van der Waals surface area contributed by atoms with Crippen LogP contribution in [0.25, 0.3) is 22.1 Å². The van der Waals surface area contributed by atoms with Gasteiger partial charge in [0.1, 0.15) is 5.82 Å². The average molecular weight is 533 g/mol. The van der Waals surface area contributed by atoms with Crippen LogP contribution in [0.1, 0.15) is 28.9 Å². The van der Waals surface area contributed by atoms with Crippen LogP contribution in [0.15, 0.2) is 65.2 Å². The van der Waals surface area contributed by atoms with Crippen molar-refractivity contribution in [3.63, 3.8) is 0 Å². The van der Waals surface area contributed by atoms with Crippen LogP contribution in [-0.4, -0.2) is 54.1 Å². The molecule has 3 aromatic carbocycles. The second-order valence-corrected chi connectivity index (χ2v) is 8.98. The van der Waals surface area contributed by atoms with Gasteiger partial charge in [0, 0.05) is 37.3 Å². The zero-order valence-electron chi connectivity index (χ0n) is 21.0. The molecule has 0 saturated carbocycles. The van der Waals surface area contributed by atoms with Crippen molar-refractivity contribution in [3.05, 3.63) is 77.6 Å². The van der Waals surface area contributed by atoms with E-state index in [0.717, 1.165) is 0 Å². The molecule has 200 valence electrons. The number of benzene rings is 3. The summed E-state index contributed by atoms with van der Waals surface area (Å²) in [7, 11) is 0. The topological polar surface area (TPSA) is 137 Å². The standard InChI is InChI=1S/C28H25FN4O6/c1-16(34)38-25(27(35)31-20-6-7-21-24(15-20)39-32-26(21)30)19-4-2-3-17(13-19)18-5-8-23(29)22(14-18)28(36)33-9-11-37-12-10-33/h2-8,13-15,25H,9-12H2,1H3,(H2,30,32)(H,31,35). The highest BCUT2D eigenvalue weighted by molar-refractivity contribution is 5.99. The lowest BCUT2D eigenvalue weighted by atomic mass is 9.98. The number of anilines is 2. The number of fused-ring (bicyclic) bond motifs is 1. The Morgan fingerprint density at radius 1 is 1.05 bits per heavy atom. The Hall–Kier alpha value is -4.77. The molecule has 2 heterocycles. The van der Waals surface area contributed by atoms with Crippen molar-refractivity contribution in [2.45, 2.75) is 13.0 Å². The Morgan fingerprint density at radius 2 is 1.82 bits per heavy atom. The number of morpholine rings is 1. The molecule has 1 aliphatic heterocycles. The van der Waals surface area contributed by atoms with Gasteiger partial charge in [-0.1, -0.05) is 29.4 Å². The summed E-state index contributed by atoms with van der Waals surface area (Å²) < 4.78 is 30.4. The number of nitrogens with zero attached hydrogens (tertiary/aromatic N) is 2. The summed E-state index contributed by atoms with van der Waals surface area (Å²) >= 11 is 0. The molecule has 5 rings (SSSR count). The first-order chi connectivity index (χ1) is 18.8. The van der Waals surface area contributed by atoms with E-state index in [1.165, 1.54) is 19.1 Å². The van der Waals surface area contributed by atoms with Gasteiger partial charge in [0.05, 0.1) is 24.2 Å². The molecule has 0 radical (unpaired) electrons. The lowest BCUT2D eigenvalue weighted by molar-refractivity contribution is -0.152. The molecule has 1 aromatic heterocycles. The SMILES string of the molecule is CC(=O)OC(C(=O)Nc1ccc2c(N)noc2c1)c1cccc(-c2ccc(F)c(C(=O)N3CCOCC3)c2)c1. The average Bonchev–Trinajstić information content (AvgIpc) is 3.31. The number of nitrogen functional groups attached to an aromatic ring is 1. The van der Waals surface area contributed by atoms with Crippen molar-refractivity contribution in [2.75, 3.05) is 37.4 Å². The number of nitrogens with two attached hydrogens (primary N) is 1. The van der Waals surface area contributed by atoms with Crippen LogP contribution in [0, 0.1) is 5.82 Å². The van der Waals surface area contributed by atoms with E-state index in [9.17, 15) is 18.8 Å². The lowest BCUT2D eigenvalue weighted by Gasteiger charge is -2.27. The van der Waals surface area contributed by atoms with E-state index < -0.39 is 29.7 Å². The van der Waals surface area contributed by atoms with Gasteiger partial charge in [-0.3, -0.25) is 14.4 Å². The van der Waals surface area contributed by atoms with E-state index in [0.29, 0.717) is 59.7 Å². The van der Waals surface area contributed by atoms with Crippen molar-refractivity contribution >= 4 is 40.3 Å². The molecule has 1 fully saturated rings. The highest BCUT2D eigenvalue weighted by Gasteiger charge is 2.26. The van der Waals surface area contributed by atoms with Gasteiger partial charge in [-0.05, 0) is 41.5 Å². The largest absolute Gasteiger partial charge is 0.447 e. The summed E-state index contributed by atoms with van der Waals surface area (Å²) in [4.78, 5) is 39.6. The quantitative estimate of drug-likeness (QED) is 0.357. The fourth-order valence-corrected chi connectivity index (χ4v) is 4.37. The minimum absolute atomic E-state index is 0.0578. The third-order valence-corrected chi connectivity index (χ3v) is 6.31. The van der Waals surface area contributed by atoms with Gasteiger partial charge >= 0.3 is 5.97 Å². The number of carbonyl (C=O) groups is 3. The minimum Gasteiger partial charge on any atom is -0.447 e. The molecule has 0 bridgehead atoms. The minimum atomic E-state index is -1.28. The van der Waals surface area contributed by atoms with Crippen LogP contribution in [0.5, 0.6) is 0 Å². The maximum absolute atomic E-state index is 14.6. The van der Waals surface area contributed by atoms with E-state index in [1.54, 1.807) is 53.4 Å². The summed E-state index contributed by atoms with van der Waals surface area (Å²) in [5, 5.41) is 7.01. The molecule has 4 aromatic rings. The third kappa shape index (κ3) is 5.58. The van der Waals surface area contributed by atoms with Gasteiger partial charge in [-0.15, -0.1) is 0 Å². The number of ether oxygens (including phenoxy) is 2. The van der Waals surface area contributed by atoms with Crippen molar-refractivity contribution < 1.29 is 32.8 Å². The van der Waals surface area contributed by atoms with Crippen molar-refractivity contribution in [2.24, 2.45) is 0 Å². The number of rotatable bonds is 6. The Morgan fingerprint density at radius 3 is 2.59 bits per heavy atom. The smallest absolute Gasteiger partial charge is 0.303 e. The van der Waals surface area contributed by atoms with E-state index >= 15 is 0 Å². The zero-order chi connectivity index (χ0) is 27.5. The Kier molecular flexibility index (Phi) is 7.24. The number of esters is 1. The van der Waals surface area contributed by atoms with Crippen LogP contribution in [0.3, 0.4) is 0 Å². The second-order valence-electron chi connectivity index (χ2n) is 8.98. The van der Waals surface area contributed by atoms with E-state index in [-0.39, 0.29) is 11.4 Å². The maximum atomic E-state index is 14.6. The third-order valence-electron chi connectivity index (χ3n) is 6.31. The van der Waals surface area contributed by atoms with Gasteiger partial charge < -0.3 is 29.9 Å². The van der Waals surface area contributed by atoms with Gasteiger partial charge in [-0.2, -0.15) is 0 Å². The number of nitrogens with one attached hydrogen (secondary N) is 1. The lowest BCUT2D eigenvalue weighted by Crippen LogP contribution is -2.41. The zero-order valence-corrected chi connectivity index (χ0v) is 21.0. The highest BCUT2D eigenvalue weighted by atomic mass is 19.1. The second kappa shape index (κ2) is 10.9. The number of amides is 2. The van der Waals surface area contributed by atoms with Crippen LogP contribution in [-0.2, 0) is 19.1 Å². The molecule has 10 nitrogen and oxygen atoms in total. The normalized spacial score (nSPS) is 14.2. The molecular weight excluding hydrogens is 507 g/mol. The molecule has 3 N–H and O–H groups in total. The van der Waals surface area contributed by atoms with Crippen LogP contribution in [0.2, 0.25) is 0 Å². The summed E-state index contributed by atoms with van der Waals surface area (Å²) in [6.45, 7) is 2.77. The van der Waals surface area contributed by atoms with E-state index in [4.69, 9.17) is 19.7 Å². The highest BCUT2D eigenvalue weighted by Crippen LogP contribution is 2.29. The molecule has 39 heavy (non-hydrogen) atoms. The molecule has 1 unspecified atom stereocenters. The Bertz CT molecular complexity index is 1560. The van der Waals surface area contributed by atoms with Crippen molar-refractivity contribution in [3.8, 4) is 11.1 Å². The number of aromatic nitrogens is 1. The van der Waals surface area contributed by atoms with Crippen molar-refractivity contribution in [1.29, 1.82) is 0 Å². The van der Waals surface area contributed by atoms with Crippen LogP contribution >= 0.6 is 0 Å². The van der Waals surface area contributed by atoms with E-state index in [2.05, 4.69) is 10.5 Å². The first-order valence-corrected chi connectivity index (χ1v) is 12.2. The molecule has 1 aliphatic rings. The number of halogens is 1. The fraction of sp³-hybridized carbons (Fsp3) is 0.214. The summed E-state index contributed by atoms with van der Waals surface area (Å²) in [6.07, 6.45) is -1.28. The monoisotopic (exact) mass is 532 g/mol. The Balaban J connectivity index is 1.42. The number of carbonyl (C=O) groups excluding carboxylic acids is 3. The molecule has 0 spiro atoms. The van der Waals surface area contributed by atoms with Crippen molar-refractivity contribution in [1.82, 2.24) is 10.1 Å². The van der Waals surface area contributed by atoms with Gasteiger partial charge in [0.15, 0.2) is 11.4 Å². The van der Waals surface area contributed by atoms with Crippen LogP contribution in [0.4, 0.5) is 15.9 Å². The van der Waals surface area contributed by atoms with Crippen LogP contribution < -0.4 is 11.1 Å². The predicted octanol–water partition coefficient (Wildman–Crippen LogP) is 3.93. The number of hydrogen-bond acceptors (Lipinski definition) is 8. The summed E-state index contributed by atoms with van der Waals surface area (Å²) in [5.74, 6) is -2.07. The first kappa shape index (κ1) is 25.9. The first-order valence-electron chi connectivity index (χ1n) is 12.2. The van der Waals surface area contributed by atoms with Gasteiger partial charge in [0.2, 0.25) is 6.10 Å². The summed E-state index contributed by atoms with van der Waals surface area (Å²) in [6, 6.07) is 15.8. The Labute approximate surface area is 222 Å². The molecular formula is C28H25FN4O6. The molecule has 11 heteroatoms. The molecule has 1 atom stereocenters. The predicted molar refractivity (Wildman–Crippen MR) is 140 cm³/mol. The molecule has 0 aliphatic carbocycles. The van der Waals surface area contributed by atoms with Gasteiger partial charge in [0.25, 0.3) is 11.8 Å². The maximum Gasteiger partial charge on any atom is 0.303 e. The number of hydrogen-bond donors (Lipinski definition) is 2. The molecule has 2 amide bonds. The summed E-state index contributed by atoms with van der Waals surface area (Å²) in [5.41, 5.74) is 8.01. The van der Waals surface area contributed by atoms with Gasteiger partial charge in [-0.25, -0.2) is 4.39 Å².